The van der Waals surface area contributed by atoms with Gasteiger partial charge < -0.3 is 10.4 Å². The number of aryl methyl sites for hydroxylation is 1. The summed E-state index contributed by atoms with van der Waals surface area (Å²) in [6.07, 6.45) is 4.41. The third-order valence-corrected chi connectivity index (χ3v) is 5.46. The molecule has 0 spiro atoms. The predicted octanol–water partition coefficient (Wildman–Crippen LogP) is 2.06. The van der Waals surface area contributed by atoms with Crippen LogP contribution in [0, 0.1) is 18.8 Å². The quantitative estimate of drug-likeness (QED) is 0.891. The number of hydrogen-bond donors (Lipinski definition) is 2. The highest BCUT2D eigenvalue weighted by Gasteiger charge is 2.51. The van der Waals surface area contributed by atoms with Crippen LogP contribution < -0.4 is 5.32 Å². The first kappa shape index (κ1) is 13.5. The summed E-state index contributed by atoms with van der Waals surface area (Å²) in [5.41, 5.74) is 0.613. The Balaban J connectivity index is 1.75. The lowest BCUT2D eigenvalue weighted by Gasteiger charge is -2.28. The van der Waals surface area contributed by atoms with Gasteiger partial charge in [0, 0.05) is 11.1 Å². The molecule has 0 aliphatic heterocycles. The number of carboxylic acids is 1. The largest absolute Gasteiger partial charge is 0.481 e. The third-order valence-electron chi connectivity index (χ3n) is 4.29. The van der Waals surface area contributed by atoms with E-state index in [1.807, 2.05) is 12.3 Å². The molecule has 0 bridgehead atoms. The Morgan fingerprint density at radius 2 is 2.10 bits per heavy atom. The van der Waals surface area contributed by atoms with Crippen LogP contribution in [0.1, 0.15) is 42.8 Å². The molecule has 1 heterocycles. The van der Waals surface area contributed by atoms with Crippen molar-refractivity contribution in [3.05, 3.63) is 16.1 Å². The van der Waals surface area contributed by atoms with Gasteiger partial charge in [-0.1, -0.05) is 12.8 Å². The molecule has 2 N–H and O–H groups in total. The van der Waals surface area contributed by atoms with Gasteiger partial charge in [0.25, 0.3) is 0 Å². The van der Waals surface area contributed by atoms with Gasteiger partial charge in [-0.05, 0) is 26.2 Å². The average Bonchev–Trinajstić information content (AvgIpc) is 2.89. The summed E-state index contributed by atoms with van der Waals surface area (Å²) >= 11 is 1.58. The summed E-state index contributed by atoms with van der Waals surface area (Å²) in [5.74, 6) is -1.83. The lowest BCUT2D eigenvalue weighted by Crippen LogP contribution is -2.44. The highest BCUT2D eigenvalue weighted by Crippen LogP contribution is 2.43. The van der Waals surface area contributed by atoms with Crippen molar-refractivity contribution in [2.45, 2.75) is 44.6 Å². The number of aliphatic carboxylic acids is 1. The van der Waals surface area contributed by atoms with Gasteiger partial charge in [-0.2, -0.15) is 0 Å². The van der Waals surface area contributed by atoms with Gasteiger partial charge >= 0.3 is 5.97 Å². The zero-order chi connectivity index (χ0) is 14.3. The van der Waals surface area contributed by atoms with Gasteiger partial charge in [-0.3, -0.25) is 9.59 Å². The van der Waals surface area contributed by atoms with Crippen molar-refractivity contribution < 1.29 is 14.7 Å². The van der Waals surface area contributed by atoms with E-state index in [0.29, 0.717) is 6.42 Å². The lowest BCUT2D eigenvalue weighted by molar-refractivity contribution is -0.140. The molecule has 1 aromatic heterocycles. The number of thiazole rings is 1. The predicted molar refractivity (Wildman–Crippen MR) is 74.4 cm³/mol. The molecule has 2 atom stereocenters. The van der Waals surface area contributed by atoms with Gasteiger partial charge in [0.15, 0.2) is 0 Å². The minimum Gasteiger partial charge on any atom is -0.481 e. The van der Waals surface area contributed by atoms with Crippen LogP contribution in [0.4, 0.5) is 0 Å². The molecule has 2 aliphatic carbocycles. The van der Waals surface area contributed by atoms with Crippen LogP contribution in [-0.4, -0.2) is 22.0 Å². The average molecular weight is 294 g/mol. The van der Waals surface area contributed by atoms with Crippen LogP contribution in [0.15, 0.2) is 5.38 Å². The molecule has 0 radical (unpaired) electrons. The fraction of sp³-hybridized carbons (Fsp3) is 0.643. The van der Waals surface area contributed by atoms with E-state index in [1.165, 1.54) is 0 Å². The number of hydrogen-bond acceptors (Lipinski definition) is 4. The Morgan fingerprint density at radius 3 is 2.60 bits per heavy atom. The molecule has 6 heteroatoms. The molecule has 0 saturated heterocycles. The second kappa shape index (κ2) is 4.84. The maximum atomic E-state index is 12.3. The van der Waals surface area contributed by atoms with Gasteiger partial charge in [-0.15, -0.1) is 11.3 Å². The fourth-order valence-corrected chi connectivity index (χ4v) is 4.04. The number of nitrogens with zero attached hydrogens (tertiary/aromatic N) is 1. The maximum Gasteiger partial charge on any atom is 0.307 e. The second-order valence-electron chi connectivity index (χ2n) is 5.86. The molecule has 1 aromatic rings. The fourth-order valence-electron chi connectivity index (χ4n) is 3.03. The van der Waals surface area contributed by atoms with Crippen LogP contribution in [0.3, 0.4) is 0 Å². The van der Waals surface area contributed by atoms with Crippen molar-refractivity contribution in [1.82, 2.24) is 10.3 Å². The minimum absolute atomic E-state index is 0.118. The molecule has 108 valence electrons. The summed E-state index contributed by atoms with van der Waals surface area (Å²) in [5, 5.41) is 15.0. The van der Waals surface area contributed by atoms with E-state index in [4.69, 9.17) is 5.11 Å². The molecule has 1 amide bonds. The molecule has 0 unspecified atom stereocenters. The van der Waals surface area contributed by atoms with Crippen LogP contribution in [0.2, 0.25) is 0 Å². The number of carbonyl (C=O) groups is 2. The molecular formula is C14H18N2O3S. The molecule has 3 rings (SSSR count). The monoisotopic (exact) mass is 294 g/mol. The summed E-state index contributed by atoms with van der Waals surface area (Å²) < 4.78 is 0. The summed E-state index contributed by atoms with van der Waals surface area (Å²) in [4.78, 5) is 27.7. The van der Waals surface area contributed by atoms with E-state index < -0.39 is 11.9 Å². The molecule has 20 heavy (non-hydrogen) atoms. The van der Waals surface area contributed by atoms with Crippen molar-refractivity contribution in [3.8, 4) is 0 Å². The number of nitrogens with one attached hydrogen (secondary N) is 1. The highest BCUT2D eigenvalue weighted by molar-refractivity contribution is 7.09. The van der Waals surface area contributed by atoms with Crippen molar-refractivity contribution in [2.24, 2.45) is 11.8 Å². The summed E-state index contributed by atoms with van der Waals surface area (Å²) in [6, 6.07) is 0. The molecule has 2 saturated carbocycles. The number of aromatic nitrogens is 1. The van der Waals surface area contributed by atoms with E-state index in [9.17, 15) is 9.59 Å². The molecule has 5 nitrogen and oxygen atoms in total. The number of amides is 1. The van der Waals surface area contributed by atoms with Gasteiger partial charge in [-0.25, -0.2) is 4.98 Å². The van der Waals surface area contributed by atoms with Gasteiger partial charge in [0.1, 0.15) is 5.01 Å². The summed E-state index contributed by atoms with van der Waals surface area (Å²) in [7, 11) is 0. The van der Waals surface area contributed by atoms with Crippen molar-refractivity contribution in [2.75, 3.05) is 0 Å². The van der Waals surface area contributed by atoms with E-state index in [1.54, 1.807) is 11.3 Å². The number of carbonyl (C=O) groups excluding carboxylic acids is 1. The summed E-state index contributed by atoms with van der Waals surface area (Å²) in [6.45, 7) is 1.95. The molecule has 2 fully saturated rings. The number of rotatable bonds is 4. The van der Waals surface area contributed by atoms with Crippen LogP contribution in [0.5, 0.6) is 0 Å². The van der Waals surface area contributed by atoms with E-state index in [2.05, 4.69) is 10.3 Å². The Hall–Kier alpha value is -1.43. The minimum atomic E-state index is -0.865. The standard InChI is InChI=1S/C14H18N2O3S/c1-8-7-20-13(15-8)14(4-2-3-5-14)16-11(17)9-6-10(9)12(18)19/h7,9-10H,2-6H2,1H3,(H,16,17)(H,18,19)/t9-,10+/m0/s1. The van der Waals surface area contributed by atoms with Crippen molar-refractivity contribution >= 4 is 23.2 Å². The van der Waals surface area contributed by atoms with Gasteiger partial charge in [0.2, 0.25) is 5.91 Å². The molecular weight excluding hydrogens is 276 g/mol. The Labute approximate surface area is 121 Å². The van der Waals surface area contributed by atoms with E-state index >= 15 is 0 Å². The maximum absolute atomic E-state index is 12.3. The lowest BCUT2D eigenvalue weighted by atomic mass is 9.98. The van der Waals surface area contributed by atoms with Crippen LogP contribution >= 0.6 is 11.3 Å². The second-order valence-corrected chi connectivity index (χ2v) is 6.72. The Bertz CT molecular complexity index is 548. The topological polar surface area (TPSA) is 79.3 Å². The smallest absolute Gasteiger partial charge is 0.307 e. The zero-order valence-electron chi connectivity index (χ0n) is 11.4. The Kier molecular flexibility index (Phi) is 3.28. The van der Waals surface area contributed by atoms with E-state index in [-0.39, 0.29) is 17.4 Å². The first-order valence-corrected chi connectivity index (χ1v) is 7.87. The van der Waals surface area contributed by atoms with Crippen molar-refractivity contribution in [3.63, 3.8) is 0 Å². The SMILES string of the molecule is Cc1csc(C2(NC(=O)[C@H]3C[C@H]3C(=O)O)CCCC2)n1. The third kappa shape index (κ3) is 2.32. The molecule has 2 aliphatic rings. The normalized spacial score (nSPS) is 27.2. The molecule has 0 aromatic carbocycles. The van der Waals surface area contributed by atoms with Crippen LogP contribution in [-0.2, 0) is 15.1 Å². The first-order chi connectivity index (χ1) is 9.52. The van der Waals surface area contributed by atoms with Gasteiger partial charge in [0.05, 0.1) is 17.4 Å². The van der Waals surface area contributed by atoms with E-state index in [0.717, 1.165) is 36.4 Å². The Morgan fingerprint density at radius 1 is 1.40 bits per heavy atom. The number of carboxylic acid groups (broad SMARTS) is 1. The van der Waals surface area contributed by atoms with Crippen molar-refractivity contribution in [1.29, 1.82) is 0 Å². The highest BCUT2D eigenvalue weighted by atomic mass is 32.1. The van der Waals surface area contributed by atoms with Crippen LogP contribution in [0.25, 0.3) is 0 Å². The first-order valence-electron chi connectivity index (χ1n) is 6.99. The zero-order valence-corrected chi connectivity index (χ0v) is 12.2.